The van der Waals surface area contributed by atoms with Crippen molar-refractivity contribution in [1.29, 1.82) is 0 Å². The first-order valence-corrected chi connectivity index (χ1v) is 8.15. The summed E-state index contributed by atoms with van der Waals surface area (Å²) in [5.41, 5.74) is 3.70. The van der Waals surface area contributed by atoms with Crippen LogP contribution in [0.25, 0.3) is 10.9 Å². The number of nitrogens with one attached hydrogen (secondary N) is 2. The molecule has 0 radical (unpaired) electrons. The first-order valence-electron chi connectivity index (χ1n) is 8.15. The number of likely N-dealkylation sites (N-methyl/N-ethyl adjacent to an activating group) is 2. The van der Waals surface area contributed by atoms with E-state index in [0.717, 1.165) is 56.9 Å². The van der Waals surface area contributed by atoms with Gasteiger partial charge < -0.3 is 10.1 Å². The lowest BCUT2D eigenvalue weighted by Gasteiger charge is -2.22. The third kappa shape index (κ3) is 3.48. The van der Waals surface area contributed by atoms with Gasteiger partial charge in [-0.1, -0.05) is 6.07 Å². The van der Waals surface area contributed by atoms with E-state index in [0.29, 0.717) is 5.92 Å². The molecule has 0 amide bonds. The highest BCUT2D eigenvalue weighted by Gasteiger charge is 2.17. The van der Waals surface area contributed by atoms with Crippen molar-refractivity contribution in [1.82, 2.24) is 20.4 Å². The minimum Gasteiger partial charge on any atom is -0.381 e. The average molecular weight is 302 g/mol. The topological polar surface area (TPSA) is 53.2 Å². The molecular weight excluding hydrogens is 276 g/mol. The molecule has 0 bridgehead atoms. The number of aromatic nitrogens is 2. The van der Waals surface area contributed by atoms with E-state index >= 15 is 0 Å². The van der Waals surface area contributed by atoms with E-state index in [1.54, 1.807) is 0 Å². The van der Waals surface area contributed by atoms with Crippen LogP contribution in [0, 0.1) is 0 Å². The molecule has 3 rings (SSSR count). The zero-order chi connectivity index (χ0) is 15.4. The van der Waals surface area contributed by atoms with Crippen molar-refractivity contribution < 1.29 is 4.74 Å². The van der Waals surface area contributed by atoms with Gasteiger partial charge in [-0.05, 0) is 50.6 Å². The van der Waals surface area contributed by atoms with Gasteiger partial charge in [0, 0.05) is 38.2 Å². The number of rotatable bonds is 6. The summed E-state index contributed by atoms with van der Waals surface area (Å²) in [4.78, 5) is 2.30. The van der Waals surface area contributed by atoms with Crippen LogP contribution in [0.5, 0.6) is 0 Å². The molecule has 120 valence electrons. The highest BCUT2D eigenvalue weighted by molar-refractivity contribution is 5.82. The predicted octanol–water partition coefficient (Wildman–Crippen LogP) is 2.11. The molecule has 0 saturated carbocycles. The Balaban J connectivity index is 1.79. The minimum absolute atomic E-state index is 0.628. The average Bonchev–Trinajstić information content (AvgIpc) is 2.96. The third-order valence-electron chi connectivity index (χ3n) is 4.52. The Kier molecular flexibility index (Phi) is 5.08. The third-order valence-corrected chi connectivity index (χ3v) is 4.52. The molecular formula is C17H26N4O. The molecule has 5 heteroatoms. The van der Waals surface area contributed by atoms with Crippen LogP contribution >= 0.6 is 0 Å². The van der Waals surface area contributed by atoms with Crippen molar-refractivity contribution in [2.75, 3.05) is 40.4 Å². The normalized spacial score (nSPS) is 16.7. The van der Waals surface area contributed by atoms with Crippen molar-refractivity contribution >= 4 is 10.9 Å². The van der Waals surface area contributed by atoms with Gasteiger partial charge in [-0.15, -0.1) is 0 Å². The number of aromatic amines is 1. The standard InChI is InChI=1S/C17H26N4O/c1-18-7-8-21(2)12-17-15-11-14(3-4-16(15)19-20-17)13-5-9-22-10-6-13/h3-4,11,13,18H,5-10,12H2,1-2H3,(H,19,20). The molecule has 1 fully saturated rings. The number of nitrogens with zero attached hydrogens (tertiary/aromatic N) is 2. The highest BCUT2D eigenvalue weighted by Crippen LogP contribution is 2.29. The van der Waals surface area contributed by atoms with Crippen LogP contribution in [0.3, 0.4) is 0 Å². The summed E-state index contributed by atoms with van der Waals surface area (Å²) in [7, 11) is 4.12. The van der Waals surface area contributed by atoms with Gasteiger partial charge >= 0.3 is 0 Å². The van der Waals surface area contributed by atoms with Crippen molar-refractivity contribution in [3.8, 4) is 0 Å². The van der Waals surface area contributed by atoms with Crippen LogP contribution in [0.15, 0.2) is 18.2 Å². The van der Waals surface area contributed by atoms with Crippen molar-refractivity contribution in [3.05, 3.63) is 29.5 Å². The van der Waals surface area contributed by atoms with E-state index in [1.165, 1.54) is 10.9 Å². The fourth-order valence-corrected chi connectivity index (χ4v) is 3.13. The lowest BCUT2D eigenvalue weighted by atomic mass is 9.91. The second-order valence-corrected chi connectivity index (χ2v) is 6.20. The van der Waals surface area contributed by atoms with Crippen molar-refractivity contribution in [3.63, 3.8) is 0 Å². The van der Waals surface area contributed by atoms with Crippen LogP contribution in [-0.4, -0.2) is 55.5 Å². The smallest absolute Gasteiger partial charge is 0.0840 e. The number of fused-ring (bicyclic) bond motifs is 1. The summed E-state index contributed by atoms with van der Waals surface area (Å²) in [6.07, 6.45) is 2.25. The Morgan fingerprint density at radius 3 is 2.95 bits per heavy atom. The molecule has 1 aliphatic rings. The lowest BCUT2D eigenvalue weighted by molar-refractivity contribution is 0.0853. The van der Waals surface area contributed by atoms with Gasteiger partial charge in [-0.25, -0.2) is 0 Å². The Labute approximate surface area is 132 Å². The summed E-state index contributed by atoms with van der Waals surface area (Å²) >= 11 is 0. The molecule has 0 unspecified atom stereocenters. The second kappa shape index (κ2) is 7.22. The molecule has 2 aromatic rings. The molecule has 5 nitrogen and oxygen atoms in total. The molecule has 0 aliphatic carbocycles. The van der Waals surface area contributed by atoms with Gasteiger partial charge in [0.15, 0.2) is 0 Å². The first kappa shape index (κ1) is 15.5. The SMILES string of the molecule is CNCCN(C)Cc1n[nH]c2ccc(C3CCOCC3)cc12. The zero-order valence-corrected chi connectivity index (χ0v) is 13.6. The molecule has 1 aromatic heterocycles. The highest BCUT2D eigenvalue weighted by atomic mass is 16.5. The molecule has 22 heavy (non-hydrogen) atoms. The quantitative estimate of drug-likeness (QED) is 0.858. The molecule has 1 saturated heterocycles. The molecule has 2 N–H and O–H groups in total. The van der Waals surface area contributed by atoms with Crippen LogP contribution in [0.4, 0.5) is 0 Å². The molecule has 2 heterocycles. The van der Waals surface area contributed by atoms with E-state index in [1.807, 2.05) is 7.05 Å². The summed E-state index contributed by atoms with van der Waals surface area (Å²) < 4.78 is 5.48. The number of ether oxygens (including phenoxy) is 1. The predicted molar refractivity (Wildman–Crippen MR) is 89.1 cm³/mol. The van der Waals surface area contributed by atoms with E-state index in [2.05, 4.69) is 45.7 Å². The van der Waals surface area contributed by atoms with Gasteiger partial charge in [-0.3, -0.25) is 10.00 Å². The molecule has 0 atom stereocenters. The summed E-state index contributed by atoms with van der Waals surface area (Å²) in [6, 6.07) is 6.74. The fourth-order valence-electron chi connectivity index (χ4n) is 3.13. The Morgan fingerprint density at radius 1 is 1.36 bits per heavy atom. The summed E-state index contributed by atoms with van der Waals surface area (Å²) in [6.45, 7) is 4.65. The fraction of sp³-hybridized carbons (Fsp3) is 0.588. The summed E-state index contributed by atoms with van der Waals surface area (Å²) in [5.74, 6) is 0.628. The van der Waals surface area contributed by atoms with E-state index in [-0.39, 0.29) is 0 Å². The van der Waals surface area contributed by atoms with Crippen LogP contribution in [0.1, 0.15) is 30.0 Å². The van der Waals surface area contributed by atoms with Gasteiger partial charge in [-0.2, -0.15) is 5.10 Å². The van der Waals surface area contributed by atoms with Crippen molar-refractivity contribution in [2.24, 2.45) is 0 Å². The maximum absolute atomic E-state index is 5.48. The minimum atomic E-state index is 0.628. The number of hydrogen-bond donors (Lipinski definition) is 2. The largest absolute Gasteiger partial charge is 0.381 e. The Morgan fingerprint density at radius 2 is 2.18 bits per heavy atom. The van der Waals surface area contributed by atoms with E-state index in [9.17, 15) is 0 Å². The maximum Gasteiger partial charge on any atom is 0.0840 e. The van der Waals surface area contributed by atoms with E-state index < -0.39 is 0 Å². The van der Waals surface area contributed by atoms with Crippen LogP contribution < -0.4 is 5.32 Å². The van der Waals surface area contributed by atoms with Crippen molar-refractivity contribution in [2.45, 2.75) is 25.3 Å². The number of H-pyrrole nitrogens is 1. The van der Waals surface area contributed by atoms with Gasteiger partial charge in [0.05, 0.1) is 11.2 Å². The first-order chi connectivity index (χ1) is 10.8. The monoisotopic (exact) mass is 302 g/mol. The molecule has 1 aliphatic heterocycles. The van der Waals surface area contributed by atoms with Gasteiger partial charge in [0.1, 0.15) is 0 Å². The van der Waals surface area contributed by atoms with Crippen LogP contribution in [0.2, 0.25) is 0 Å². The Hall–Kier alpha value is -1.43. The van der Waals surface area contributed by atoms with E-state index in [4.69, 9.17) is 4.74 Å². The lowest BCUT2D eigenvalue weighted by Crippen LogP contribution is -2.27. The second-order valence-electron chi connectivity index (χ2n) is 6.20. The number of benzene rings is 1. The van der Waals surface area contributed by atoms with Crippen LogP contribution in [-0.2, 0) is 11.3 Å². The van der Waals surface area contributed by atoms with Gasteiger partial charge in [0.25, 0.3) is 0 Å². The summed E-state index contributed by atoms with van der Waals surface area (Å²) in [5, 5.41) is 12.1. The molecule has 0 spiro atoms. The maximum atomic E-state index is 5.48. The Bertz CT molecular complexity index is 604. The van der Waals surface area contributed by atoms with Gasteiger partial charge in [0.2, 0.25) is 0 Å². The number of hydrogen-bond acceptors (Lipinski definition) is 4. The zero-order valence-electron chi connectivity index (χ0n) is 13.6. The molecule has 1 aromatic carbocycles.